The number of nitrogens with one attached hydrogen (secondary N) is 2. The Balaban J connectivity index is 1.06. The van der Waals surface area contributed by atoms with Crippen LogP contribution in [0, 0.1) is 46.3 Å². The zero-order chi connectivity index (χ0) is 33.1. The number of hydrogen-bond donors (Lipinski definition) is 5. The van der Waals surface area contributed by atoms with Gasteiger partial charge in [0.1, 0.15) is 17.1 Å². The SMILES string of the molecule is CC1=C(C(=O)NCN=[N+]=[N-])N2C(=O)C(NC(=O)CCC(C)C3CCC4C5C(O)CC6CC(O)CCC6(C)C5CC(O)C34C)C2SC1. The molecule has 4 saturated carbocycles. The Labute approximate surface area is 275 Å². The number of carbonyl (C=O) groups excluding carboxylic acids is 3. The molecule has 13 heteroatoms. The molecule has 0 aromatic heterocycles. The fourth-order valence-electron chi connectivity index (χ4n) is 11.0. The Morgan fingerprint density at radius 2 is 1.91 bits per heavy atom. The third kappa shape index (κ3) is 5.34. The van der Waals surface area contributed by atoms with Crippen molar-refractivity contribution >= 4 is 29.5 Å². The number of nitrogens with zero attached hydrogens (tertiary/aromatic N) is 4. The van der Waals surface area contributed by atoms with Crippen LogP contribution in [0.1, 0.15) is 85.5 Å². The fraction of sp³-hybridized carbons (Fsp3) is 0.848. The summed E-state index contributed by atoms with van der Waals surface area (Å²) < 4.78 is 0. The second-order valence-electron chi connectivity index (χ2n) is 15.5. The van der Waals surface area contributed by atoms with Crippen molar-refractivity contribution in [2.75, 3.05) is 12.4 Å². The molecule has 5 fully saturated rings. The lowest BCUT2D eigenvalue weighted by Gasteiger charge is -2.63. The van der Waals surface area contributed by atoms with Crippen LogP contribution in [0.15, 0.2) is 16.4 Å². The van der Waals surface area contributed by atoms with Gasteiger partial charge in [0.15, 0.2) is 0 Å². The van der Waals surface area contributed by atoms with Crippen LogP contribution < -0.4 is 10.6 Å². The largest absolute Gasteiger partial charge is 0.393 e. The van der Waals surface area contributed by atoms with Gasteiger partial charge in [0, 0.05) is 17.1 Å². The van der Waals surface area contributed by atoms with Gasteiger partial charge in [-0.25, -0.2) is 0 Å². The number of fused-ring (bicyclic) bond motifs is 6. The maximum atomic E-state index is 13.2. The number of rotatable bonds is 8. The van der Waals surface area contributed by atoms with E-state index in [1.165, 1.54) is 16.7 Å². The molecule has 0 bridgehead atoms. The summed E-state index contributed by atoms with van der Waals surface area (Å²) in [6.45, 7) is 8.30. The van der Waals surface area contributed by atoms with E-state index in [4.69, 9.17) is 5.53 Å². The molecule has 0 radical (unpaired) electrons. The van der Waals surface area contributed by atoms with Gasteiger partial charge in [0.2, 0.25) is 5.91 Å². The van der Waals surface area contributed by atoms with Crippen LogP contribution >= 0.6 is 11.8 Å². The van der Waals surface area contributed by atoms with E-state index in [2.05, 4.69) is 41.4 Å². The second kappa shape index (κ2) is 12.6. The molecule has 1 saturated heterocycles. The summed E-state index contributed by atoms with van der Waals surface area (Å²) in [7, 11) is 0. The zero-order valence-electron chi connectivity index (χ0n) is 27.4. The molecule has 0 aromatic rings. The minimum atomic E-state index is -0.704. The van der Waals surface area contributed by atoms with Crippen LogP contribution in [0.5, 0.6) is 0 Å². The van der Waals surface area contributed by atoms with Gasteiger partial charge in [-0.2, -0.15) is 0 Å². The minimum Gasteiger partial charge on any atom is -0.393 e. The molecule has 13 unspecified atom stereocenters. The highest BCUT2D eigenvalue weighted by atomic mass is 32.2. The molecule has 254 valence electrons. The lowest BCUT2D eigenvalue weighted by molar-refractivity contribution is -0.207. The van der Waals surface area contributed by atoms with Gasteiger partial charge in [-0.05, 0) is 116 Å². The van der Waals surface area contributed by atoms with Gasteiger partial charge in [-0.3, -0.25) is 19.3 Å². The summed E-state index contributed by atoms with van der Waals surface area (Å²) in [5.41, 5.74) is 9.19. The van der Waals surface area contributed by atoms with Crippen LogP contribution in [-0.2, 0) is 14.4 Å². The van der Waals surface area contributed by atoms with Crippen LogP contribution in [0.25, 0.3) is 10.4 Å². The molecule has 0 aromatic carbocycles. The molecule has 46 heavy (non-hydrogen) atoms. The van der Waals surface area contributed by atoms with Crippen LogP contribution in [0.2, 0.25) is 0 Å². The first-order valence-electron chi connectivity index (χ1n) is 17.1. The number of azide groups is 1. The summed E-state index contributed by atoms with van der Waals surface area (Å²) in [4.78, 5) is 43.0. The zero-order valence-corrected chi connectivity index (χ0v) is 28.2. The fourth-order valence-corrected chi connectivity index (χ4v) is 12.2. The van der Waals surface area contributed by atoms with Gasteiger partial charge < -0.3 is 26.0 Å². The van der Waals surface area contributed by atoms with E-state index < -0.39 is 24.2 Å². The van der Waals surface area contributed by atoms with E-state index in [1.807, 2.05) is 0 Å². The molecule has 6 rings (SSSR count). The third-order valence-corrected chi connectivity index (χ3v) is 14.8. The standard InChI is InChI=1S/C33H50N6O6S/c1-16(5-8-25(43)37-27-30(45)39-28(17(2)14-46-31(27)39)29(44)35-15-36-38-34)20-6-7-21-26-22(13-24(42)33(20,21)4)32(3)10-9-19(40)11-18(32)12-23(26)41/h16,18-24,26-27,31,40-42H,5-15H2,1-4H3,(H,35,44)(H,37,43). The Morgan fingerprint density at radius 3 is 2.65 bits per heavy atom. The number of hydrogen-bond acceptors (Lipinski definition) is 8. The van der Waals surface area contributed by atoms with E-state index in [0.717, 1.165) is 44.1 Å². The van der Waals surface area contributed by atoms with Crippen molar-refractivity contribution in [3.63, 3.8) is 0 Å². The first-order valence-corrected chi connectivity index (χ1v) is 18.1. The molecule has 4 aliphatic carbocycles. The first kappa shape index (κ1) is 33.6. The molecular formula is C33H50N6O6S. The molecule has 5 N–H and O–H groups in total. The lowest BCUT2D eigenvalue weighted by Crippen LogP contribution is -2.70. The monoisotopic (exact) mass is 658 g/mol. The predicted octanol–water partition coefficient (Wildman–Crippen LogP) is 3.42. The number of amides is 3. The summed E-state index contributed by atoms with van der Waals surface area (Å²) >= 11 is 1.51. The van der Waals surface area contributed by atoms with Crippen molar-refractivity contribution in [2.45, 2.75) is 115 Å². The van der Waals surface area contributed by atoms with Gasteiger partial charge in [-0.15, -0.1) is 11.8 Å². The lowest BCUT2D eigenvalue weighted by atomic mass is 9.43. The van der Waals surface area contributed by atoms with Crippen molar-refractivity contribution in [3.05, 3.63) is 21.7 Å². The molecule has 2 heterocycles. The Bertz CT molecular complexity index is 1340. The molecule has 0 spiro atoms. The smallest absolute Gasteiger partial charge is 0.268 e. The summed E-state index contributed by atoms with van der Waals surface area (Å²) in [6, 6.07) is -0.704. The van der Waals surface area contributed by atoms with Crippen molar-refractivity contribution in [1.82, 2.24) is 15.5 Å². The Hall–Kier alpha value is -2.31. The summed E-state index contributed by atoms with van der Waals surface area (Å²) in [6.07, 6.45) is 5.52. The van der Waals surface area contributed by atoms with Crippen molar-refractivity contribution in [1.29, 1.82) is 0 Å². The molecule has 12 nitrogen and oxygen atoms in total. The van der Waals surface area contributed by atoms with E-state index >= 15 is 0 Å². The number of carbonyl (C=O) groups is 3. The molecular weight excluding hydrogens is 608 g/mol. The average Bonchev–Trinajstić information content (AvgIpc) is 3.38. The summed E-state index contributed by atoms with van der Waals surface area (Å²) in [5, 5.41) is 42.1. The van der Waals surface area contributed by atoms with E-state index in [-0.39, 0.29) is 88.4 Å². The molecule has 2 aliphatic heterocycles. The average molecular weight is 659 g/mol. The van der Waals surface area contributed by atoms with E-state index in [9.17, 15) is 29.7 Å². The van der Waals surface area contributed by atoms with E-state index in [0.29, 0.717) is 18.6 Å². The van der Waals surface area contributed by atoms with Gasteiger partial charge in [-0.1, -0.05) is 25.9 Å². The van der Waals surface area contributed by atoms with Crippen LogP contribution in [0.3, 0.4) is 0 Å². The quantitative estimate of drug-likeness (QED) is 0.114. The van der Waals surface area contributed by atoms with Gasteiger partial charge in [0.05, 0.1) is 25.0 Å². The van der Waals surface area contributed by atoms with Crippen molar-refractivity contribution < 1.29 is 29.7 Å². The van der Waals surface area contributed by atoms with Gasteiger partial charge >= 0.3 is 0 Å². The third-order valence-electron chi connectivity index (χ3n) is 13.4. The number of aliphatic hydroxyl groups is 3. The van der Waals surface area contributed by atoms with Gasteiger partial charge in [0.25, 0.3) is 11.8 Å². The highest BCUT2D eigenvalue weighted by molar-refractivity contribution is 8.00. The van der Waals surface area contributed by atoms with Crippen molar-refractivity contribution in [2.24, 2.45) is 51.5 Å². The predicted molar refractivity (Wildman–Crippen MR) is 172 cm³/mol. The summed E-state index contributed by atoms with van der Waals surface area (Å²) in [5.74, 6) is 0.843. The maximum Gasteiger partial charge on any atom is 0.268 e. The van der Waals surface area contributed by atoms with E-state index in [1.54, 1.807) is 6.92 Å². The normalized spacial score (nSPS) is 43.6. The first-order chi connectivity index (χ1) is 21.8. The molecule has 3 amide bonds. The minimum absolute atomic E-state index is 0.0311. The van der Waals surface area contributed by atoms with Crippen LogP contribution in [-0.4, -0.2) is 80.1 Å². The molecule has 6 aliphatic rings. The Morgan fingerprint density at radius 1 is 1.15 bits per heavy atom. The second-order valence-corrected chi connectivity index (χ2v) is 16.6. The number of β-lactam (4-membered cyclic amide) rings is 1. The topological polar surface area (TPSA) is 188 Å². The highest BCUT2D eigenvalue weighted by Gasteiger charge is 2.65. The maximum absolute atomic E-state index is 13.2. The van der Waals surface area contributed by atoms with Crippen LogP contribution in [0.4, 0.5) is 0 Å². The number of thioether (sulfide) groups is 1. The van der Waals surface area contributed by atoms with Crippen molar-refractivity contribution in [3.8, 4) is 0 Å². The highest BCUT2D eigenvalue weighted by Crippen LogP contribution is 2.68. The molecule has 13 atom stereocenters. The Kier molecular flexibility index (Phi) is 9.21. The number of aliphatic hydroxyl groups excluding tert-OH is 3.